The standard InChI is InChI=1S/C15H20N4/c1-5-16-15-17-12(4)9-14(19-15)18-13-7-6-10(2)11(3)8-13/h6-9H,5H2,1-4H3,(H2,16,17,18,19). The average molecular weight is 256 g/mol. The summed E-state index contributed by atoms with van der Waals surface area (Å²) in [6, 6.07) is 8.24. The monoisotopic (exact) mass is 256 g/mol. The molecule has 0 aliphatic rings. The van der Waals surface area contributed by atoms with Gasteiger partial charge in [-0.25, -0.2) is 4.98 Å². The van der Waals surface area contributed by atoms with E-state index in [1.807, 2.05) is 19.9 Å². The number of hydrogen-bond acceptors (Lipinski definition) is 4. The lowest BCUT2D eigenvalue weighted by atomic mass is 10.1. The normalized spacial score (nSPS) is 10.3. The molecule has 0 bridgehead atoms. The molecule has 0 spiro atoms. The number of nitrogens with one attached hydrogen (secondary N) is 2. The van der Waals surface area contributed by atoms with Crippen molar-refractivity contribution in [2.24, 2.45) is 0 Å². The van der Waals surface area contributed by atoms with Crippen molar-refractivity contribution in [3.8, 4) is 0 Å². The van der Waals surface area contributed by atoms with Crippen LogP contribution in [0.1, 0.15) is 23.7 Å². The molecule has 0 aliphatic heterocycles. The molecule has 2 N–H and O–H groups in total. The van der Waals surface area contributed by atoms with Crippen LogP contribution in [-0.2, 0) is 0 Å². The number of anilines is 3. The van der Waals surface area contributed by atoms with Gasteiger partial charge in [0.1, 0.15) is 5.82 Å². The molecule has 0 saturated carbocycles. The van der Waals surface area contributed by atoms with Gasteiger partial charge in [0.2, 0.25) is 5.95 Å². The smallest absolute Gasteiger partial charge is 0.224 e. The third kappa shape index (κ3) is 3.44. The fourth-order valence-corrected chi connectivity index (χ4v) is 1.84. The zero-order chi connectivity index (χ0) is 13.8. The first-order valence-electron chi connectivity index (χ1n) is 6.52. The van der Waals surface area contributed by atoms with E-state index >= 15 is 0 Å². The summed E-state index contributed by atoms with van der Waals surface area (Å²) in [6.45, 7) is 9.02. The van der Waals surface area contributed by atoms with Crippen molar-refractivity contribution in [1.29, 1.82) is 0 Å². The predicted octanol–water partition coefficient (Wildman–Crippen LogP) is 3.58. The summed E-state index contributed by atoms with van der Waals surface area (Å²) in [4.78, 5) is 8.77. The van der Waals surface area contributed by atoms with Gasteiger partial charge in [-0.3, -0.25) is 0 Å². The molecule has 4 heteroatoms. The molecule has 0 amide bonds. The van der Waals surface area contributed by atoms with Crippen LogP contribution in [0.15, 0.2) is 24.3 Å². The van der Waals surface area contributed by atoms with Gasteiger partial charge in [0, 0.05) is 24.0 Å². The Labute approximate surface area is 114 Å². The van der Waals surface area contributed by atoms with E-state index in [0.717, 1.165) is 23.7 Å². The number of hydrogen-bond donors (Lipinski definition) is 2. The van der Waals surface area contributed by atoms with Crippen LogP contribution in [-0.4, -0.2) is 16.5 Å². The molecule has 0 saturated heterocycles. The highest BCUT2D eigenvalue weighted by Gasteiger charge is 2.02. The molecule has 0 aliphatic carbocycles. The Morgan fingerprint density at radius 1 is 1.00 bits per heavy atom. The summed E-state index contributed by atoms with van der Waals surface area (Å²) in [6.07, 6.45) is 0. The minimum absolute atomic E-state index is 0.661. The highest BCUT2D eigenvalue weighted by atomic mass is 15.1. The number of rotatable bonds is 4. The summed E-state index contributed by atoms with van der Waals surface area (Å²) < 4.78 is 0. The van der Waals surface area contributed by atoms with E-state index in [-0.39, 0.29) is 0 Å². The van der Waals surface area contributed by atoms with E-state index in [9.17, 15) is 0 Å². The second-order valence-corrected chi connectivity index (χ2v) is 4.67. The van der Waals surface area contributed by atoms with Gasteiger partial charge in [-0.1, -0.05) is 6.07 Å². The van der Waals surface area contributed by atoms with Gasteiger partial charge in [0.05, 0.1) is 0 Å². The minimum atomic E-state index is 0.661. The topological polar surface area (TPSA) is 49.8 Å². The Balaban J connectivity index is 2.24. The van der Waals surface area contributed by atoms with Crippen LogP contribution in [0.3, 0.4) is 0 Å². The van der Waals surface area contributed by atoms with Gasteiger partial charge in [0.15, 0.2) is 0 Å². The van der Waals surface area contributed by atoms with Gasteiger partial charge < -0.3 is 10.6 Å². The van der Waals surface area contributed by atoms with E-state index in [4.69, 9.17) is 0 Å². The SMILES string of the molecule is CCNc1nc(C)cc(Nc2ccc(C)c(C)c2)n1. The van der Waals surface area contributed by atoms with Crippen molar-refractivity contribution in [2.45, 2.75) is 27.7 Å². The Morgan fingerprint density at radius 3 is 2.47 bits per heavy atom. The maximum atomic E-state index is 4.44. The van der Waals surface area contributed by atoms with Crippen molar-refractivity contribution in [3.05, 3.63) is 41.1 Å². The quantitative estimate of drug-likeness (QED) is 0.878. The maximum Gasteiger partial charge on any atom is 0.224 e. The minimum Gasteiger partial charge on any atom is -0.354 e. The number of nitrogens with zero attached hydrogens (tertiary/aromatic N) is 2. The lowest BCUT2D eigenvalue weighted by molar-refractivity contribution is 1.05. The molecule has 0 radical (unpaired) electrons. The second-order valence-electron chi connectivity index (χ2n) is 4.67. The molecular formula is C15H20N4. The number of aryl methyl sites for hydroxylation is 3. The summed E-state index contributed by atoms with van der Waals surface area (Å²) in [5.41, 5.74) is 4.54. The molecule has 1 aromatic carbocycles. The summed E-state index contributed by atoms with van der Waals surface area (Å²) >= 11 is 0. The van der Waals surface area contributed by atoms with Gasteiger partial charge >= 0.3 is 0 Å². The lowest BCUT2D eigenvalue weighted by Gasteiger charge is -2.10. The fourth-order valence-electron chi connectivity index (χ4n) is 1.84. The van der Waals surface area contributed by atoms with Gasteiger partial charge in [0.25, 0.3) is 0 Å². The molecule has 2 aromatic rings. The van der Waals surface area contributed by atoms with Crippen LogP contribution in [0.25, 0.3) is 0 Å². The van der Waals surface area contributed by atoms with Crippen LogP contribution in [0.4, 0.5) is 17.5 Å². The van der Waals surface area contributed by atoms with E-state index in [1.165, 1.54) is 11.1 Å². The van der Waals surface area contributed by atoms with E-state index in [1.54, 1.807) is 0 Å². The third-order valence-corrected chi connectivity index (χ3v) is 2.97. The molecule has 0 unspecified atom stereocenters. The van der Waals surface area contributed by atoms with Crippen LogP contribution in [0.2, 0.25) is 0 Å². The second kappa shape index (κ2) is 5.69. The summed E-state index contributed by atoms with van der Waals surface area (Å²) in [5, 5.41) is 6.45. The van der Waals surface area contributed by atoms with Crippen LogP contribution < -0.4 is 10.6 Å². The summed E-state index contributed by atoms with van der Waals surface area (Å²) in [5.74, 6) is 1.47. The van der Waals surface area contributed by atoms with Crippen molar-refractivity contribution in [1.82, 2.24) is 9.97 Å². The van der Waals surface area contributed by atoms with E-state index < -0.39 is 0 Å². The molecule has 1 heterocycles. The van der Waals surface area contributed by atoms with Gasteiger partial charge in [-0.05, 0) is 51.0 Å². The van der Waals surface area contributed by atoms with Gasteiger partial charge in [-0.2, -0.15) is 4.98 Å². The first kappa shape index (κ1) is 13.3. The molecule has 2 rings (SSSR count). The molecule has 1 aromatic heterocycles. The zero-order valence-electron chi connectivity index (χ0n) is 11.9. The number of aromatic nitrogens is 2. The van der Waals surface area contributed by atoms with Gasteiger partial charge in [-0.15, -0.1) is 0 Å². The highest BCUT2D eigenvalue weighted by molar-refractivity contribution is 5.59. The average Bonchev–Trinajstić information content (AvgIpc) is 2.33. The maximum absolute atomic E-state index is 4.44. The summed E-state index contributed by atoms with van der Waals surface area (Å²) in [7, 11) is 0. The van der Waals surface area contributed by atoms with Crippen molar-refractivity contribution < 1.29 is 0 Å². The third-order valence-electron chi connectivity index (χ3n) is 2.97. The zero-order valence-corrected chi connectivity index (χ0v) is 11.9. The molecule has 0 fully saturated rings. The molecule has 0 atom stereocenters. The predicted molar refractivity (Wildman–Crippen MR) is 80.1 cm³/mol. The Hall–Kier alpha value is -2.10. The largest absolute Gasteiger partial charge is 0.354 e. The first-order valence-corrected chi connectivity index (χ1v) is 6.52. The lowest BCUT2D eigenvalue weighted by Crippen LogP contribution is -2.05. The molecule has 19 heavy (non-hydrogen) atoms. The number of benzene rings is 1. The molecular weight excluding hydrogens is 236 g/mol. The van der Waals surface area contributed by atoms with Crippen molar-refractivity contribution >= 4 is 17.5 Å². The van der Waals surface area contributed by atoms with E-state index in [2.05, 4.69) is 52.6 Å². The van der Waals surface area contributed by atoms with E-state index in [0.29, 0.717) is 5.95 Å². The van der Waals surface area contributed by atoms with Crippen molar-refractivity contribution in [3.63, 3.8) is 0 Å². The van der Waals surface area contributed by atoms with Crippen molar-refractivity contribution in [2.75, 3.05) is 17.2 Å². The van der Waals surface area contributed by atoms with Crippen LogP contribution >= 0.6 is 0 Å². The Bertz CT molecular complexity index is 578. The fraction of sp³-hybridized carbons (Fsp3) is 0.333. The Kier molecular flexibility index (Phi) is 4.00. The first-order chi connectivity index (χ1) is 9.08. The Morgan fingerprint density at radius 2 is 1.79 bits per heavy atom. The van der Waals surface area contributed by atoms with Crippen LogP contribution in [0, 0.1) is 20.8 Å². The molecule has 100 valence electrons. The van der Waals surface area contributed by atoms with Crippen LogP contribution in [0.5, 0.6) is 0 Å². The highest BCUT2D eigenvalue weighted by Crippen LogP contribution is 2.19. The molecule has 4 nitrogen and oxygen atoms in total.